The highest BCUT2D eigenvalue weighted by Crippen LogP contribution is 2.24. The summed E-state index contributed by atoms with van der Waals surface area (Å²) < 4.78 is 0. The average molecular weight is 333 g/mol. The fraction of sp³-hybridized carbons (Fsp3) is 0.0952. The maximum atomic E-state index is 10.3. The first-order valence-electron chi connectivity index (χ1n) is 7.89. The molecule has 0 spiro atoms. The summed E-state index contributed by atoms with van der Waals surface area (Å²) in [6, 6.07) is 22.1. The number of phenolic OH excluding ortho intramolecular Hbond substituents is 1. The van der Waals surface area contributed by atoms with Crippen LogP contribution in [-0.4, -0.2) is 11.3 Å². The van der Waals surface area contributed by atoms with E-state index in [1.54, 1.807) is 0 Å². The maximum absolute atomic E-state index is 10.3. The third-order valence-corrected chi connectivity index (χ3v) is 5.52. The van der Waals surface area contributed by atoms with Crippen LogP contribution in [0.25, 0.3) is 0 Å². The molecule has 0 saturated heterocycles. The molecule has 0 radical (unpaired) electrons. The normalized spacial score (nSPS) is 11.6. The van der Waals surface area contributed by atoms with Gasteiger partial charge in [-0.05, 0) is 42.4 Å². The number of aryl methyl sites for hydroxylation is 2. The molecule has 2 nitrogen and oxygen atoms in total. The first-order valence-corrected chi connectivity index (χ1v) is 8.89. The van der Waals surface area contributed by atoms with Gasteiger partial charge in [-0.15, -0.1) is 0 Å². The minimum absolute atomic E-state index is 0.394. The number of aromatic hydroxyl groups is 1. The van der Waals surface area contributed by atoms with Crippen molar-refractivity contribution in [2.75, 3.05) is 0 Å². The number of rotatable bonds is 4. The Bertz CT molecular complexity index is 872. The SMILES string of the molecule is Cc1cccc(Pc2c(C)cccc2C=Nc2ccccc2)c1O. The number of aliphatic imine (C=N–C) groups is 1. The number of hydrogen-bond donors (Lipinski definition) is 1. The van der Waals surface area contributed by atoms with Gasteiger partial charge in [0.25, 0.3) is 0 Å². The molecule has 0 aliphatic rings. The highest BCUT2D eigenvalue weighted by molar-refractivity contribution is 7.56. The Morgan fingerprint density at radius 2 is 1.54 bits per heavy atom. The van der Waals surface area contributed by atoms with Crippen LogP contribution in [-0.2, 0) is 0 Å². The molecule has 1 unspecified atom stereocenters. The van der Waals surface area contributed by atoms with Crippen molar-refractivity contribution >= 4 is 31.1 Å². The van der Waals surface area contributed by atoms with Crippen LogP contribution in [0.5, 0.6) is 5.75 Å². The third kappa shape index (κ3) is 3.72. The molecule has 24 heavy (non-hydrogen) atoms. The summed E-state index contributed by atoms with van der Waals surface area (Å²) in [5.41, 5.74) is 4.16. The molecule has 3 aromatic rings. The standard InChI is InChI=1S/C21H20NOP/c1-15-8-7-13-19(20(15)23)24-21-16(2)9-6-10-17(21)14-22-18-11-4-3-5-12-18/h3-14,23-24H,1-2H3. The molecule has 0 aromatic heterocycles. The van der Waals surface area contributed by atoms with Crippen molar-refractivity contribution in [3.63, 3.8) is 0 Å². The van der Waals surface area contributed by atoms with E-state index in [4.69, 9.17) is 0 Å². The van der Waals surface area contributed by atoms with E-state index in [-0.39, 0.29) is 0 Å². The Kier molecular flexibility index (Phi) is 5.08. The zero-order valence-corrected chi connectivity index (χ0v) is 14.8. The fourth-order valence-corrected chi connectivity index (χ4v) is 3.86. The summed E-state index contributed by atoms with van der Waals surface area (Å²) in [5.74, 6) is 0.394. The third-order valence-electron chi connectivity index (χ3n) is 3.91. The van der Waals surface area contributed by atoms with Gasteiger partial charge in [-0.1, -0.05) is 63.2 Å². The van der Waals surface area contributed by atoms with Gasteiger partial charge in [0.15, 0.2) is 0 Å². The summed E-state index contributed by atoms with van der Waals surface area (Å²) >= 11 is 0. The molecule has 0 heterocycles. The Hall–Kier alpha value is -2.44. The second-order valence-electron chi connectivity index (χ2n) is 5.73. The summed E-state index contributed by atoms with van der Waals surface area (Å²) in [5, 5.41) is 12.5. The average Bonchev–Trinajstić information content (AvgIpc) is 2.60. The number of phenols is 1. The first-order chi connectivity index (χ1) is 11.6. The van der Waals surface area contributed by atoms with Gasteiger partial charge in [-0.3, -0.25) is 4.99 Å². The lowest BCUT2D eigenvalue weighted by molar-refractivity contribution is 0.475. The van der Waals surface area contributed by atoms with Crippen molar-refractivity contribution in [1.29, 1.82) is 0 Å². The largest absolute Gasteiger partial charge is 0.507 e. The molecule has 0 aliphatic carbocycles. The Balaban J connectivity index is 1.96. The second kappa shape index (κ2) is 7.42. The zero-order chi connectivity index (χ0) is 16.9. The second-order valence-corrected chi connectivity index (χ2v) is 7.02. The van der Waals surface area contributed by atoms with Gasteiger partial charge in [-0.2, -0.15) is 0 Å². The van der Waals surface area contributed by atoms with Gasteiger partial charge in [0.2, 0.25) is 0 Å². The highest BCUT2D eigenvalue weighted by atomic mass is 31.1. The predicted molar refractivity (Wildman–Crippen MR) is 105 cm³/mol. The van der Waals surface area contributed by atoms with Gasteiger partial charge >= 0.3 is 0 Å². The van der Waals surface area contributed by atoms with Crippen molar-refractivity contribution in [3.8, 4) is 5.75 Å². The van der Waals surface area contributed by atoms with E-state index in [0.717, 1.165) is 22.1 Å². The van der Waals surface area contributed by atoms with Crippen molar-refractivity contribution in [2.24, 2.45) is 4.99 Å². The lowest BCUT2D eigenvalue weighted by Crippen LogP contribution is -2.12. The van der Waals surface area contributed by atoms with Gasteiger partial charge in [0.05, 0.1) is 5.69 Å². The van der Waals surface area contributed by atoms with Crippen LogP contribution in [0, 0.1) is 13.8 Å². The molecule has 1 N–H and O–H groups in total. The Labute approximate surface area is 144 Å². The molecule has 3 aromatic carbocycles. The molecule has 0 saturated carbocycles. The maximum Gasteiger partial charge on any atom is 0.126 e. The van der Waals surface area contributed by atoms with Crippen LogP contribution in [0.15, 0.2) is 71.7 Å². The van der Waals surface area contributed by atoms with Crippen LogP contribution >= 0.6 is 8.58 Å². The summed E-state index contributed by atoms with van der Waals surface area (Å²) in [7, 11) is 0.396. The van der Waals surface area contributed by atoms with E-state index < -0.39 is 0 Å². The van der Waals surface area contributed by atoms with E-state index in [9.17, 15) is 5.11 Å². The van der Waals surface area contributed by atoms with Gasteiger partial charge in [0, 0.05) is 17.1 Å². The minimum Gasteiger partial charge on any atom is -0.507 e. The Morgan fingerprint density at radius 3 is 2.33 bits per heavy atom. The van der Waals surface area contributed by atoms with Crippen molar-refractivity contribution in [1.82, 2.24) is 0 Å². The zero-order valence-electron chi connectivity index (χ0n) is 13.8. The van der Waals surface area contributed by atoms with Crippen LogP contribution in [0.2, 0.25) is 0 Å². The van der Waals surface area contributed by atoms with Crippen LogP contribution in [0.3, 0.4) is 0 Å². The van der Waals surface area contributed by atoms with Gasteiger partial charge in [-0.25, -0.2) is 0 Å². The molecule has 120 valence electrons. The lowest BCUT2D eigenvalue weighted by Gasteiger charge is -2.12. The lowest BCUT2D eigenvalue weighted by atomic mass is 10.1. The van der Waals surface area contributed by atoms with Gasteiger partial charge < -0.3 is 5.11 Å². The number of nitrogens with zero attached hydrogens (tertiary/aromatic N) is 1. The van der Waals surface area contributed by atoms with E-state index in [1.807, 2.05) is 67.7 Å². The molecule has 0 amide bonds. The fourth-order valence-electron chi connectivity index (χ4n) is 2.52. The van der Waals surface area contributed by atoms with E-state index in [1.165, 1.54) is 10.9 Å². The van der Waals surface area contributed by atoms with E-state index >= 15 is 0 Å². The molecular formula is C21H20NOP. The van der Waals surface area contributed by atoms with Crippen LogP contribution in [0.1, 0.15) is 16.7 Å². The Morgan fingerprint density at radius 1 is 0.833 bits per heavy atom. The van der Waals surface area contributed by atoms with Crippen molar-refractivity contribution in [2.45, 2.75) is 13.8 Å². The first kappa shape index (κ1) is 16.4. The molecule has 0 bridgehead atoms. The van der Waals surface area contributed by atoms with E-state index in [2.05, 4.69) is 24.0 Å². The van der Waals surface area contributed by atoms with Gasteiger partial charge in [0.1, 0.15) is 5.75 Å². The molecule has 3 rings (SSSR count). The van der Waals surface area contributed by atoms with Crippen molar-refractivity contribution in [3.05, 3.63) is 83.4 Å². The molecular weight excluding hydrogens is 313 g/mol. The minimum atomic E-state index is 0.394. The highest BCUT2D eigenvalue weighted by Gasteiger charge is 2.09. The quantitative estimate of drug-likeness (QED) is 0.557. The summed E-state index contributed by atoms with van der Waals surface area (Å²) in [6.45, 7) is 4.04. The molecule has 1 atom stereocenters. The topological polar surface area (TPSA) is 32.6 Å². The summed E-state index contributed by atoms with van der Waals surface area (Å²) in [4.78, 5) is 4.58. The van der Waals surface area contributed by atoms with E-state index in [0.29, 0.717) is 14.3 Å². The van der Waals surface area contributed by atoms with Crippen LogP contribution < -0.4 is 10.6 Å². The molecule has 0 aliphatic heterocycles. The predicted octanol–water partition coefficient (Wildman–Crippen LogP) is 4.39. The monoisotopic (exact) mass is 333 g/mol. The number of benzene rings is 3. The number of hydrogen-bond acceptors (Lipinski definition) is 2. The smallest absolute Gasteiger partial charge is 0.126 e. The molecule has 0 fully saturated rings. The number of para-hydroxylation sites is 2. The molecule has 3 heteroatoms. The van der Waals surface area contributed by atoms with Crippen molar-refractivity contribution < 1.29 is 5.11 Å². The van der Waals surface area contributed by atoms with Crippen LogP contribution in [0.4, 0.5) is 5.69 Å². The summed E-state index contributed by atoms with van der Waals surface area (Å²) in [6.07, 6.45) is 1.91.